The second kappa shape index (κ2) is 5.68. The molecule has 20 heavy (non-hydrogen) atoms. The minimum absolute atomic E-state index is 0.0400. The normalized spacial score (nSPS) is 26.3. The summed E-state index contributed by atoms with van der Waals surface area (Å²) in [7, 11) is 0. The SMILES string of the molecule is O=C(NC1CCOC1c1ccc(Cl)c(F)c1)C1CNC1. The lowest BCUT2D eigenvalue weighted by Crippen LogP contribution is -2.53. The summed E-state index contributed by atoms with van der Waals surface area (Å²) >= 11 is 5.68. The van der Waals surface area contributed by atoms with Crippen molar-refractivity contribution in [2.24, 2.45) is 5.92 Å². The lowest BCUT2D eigenvalue weighted by Gasteiger charge is -2.28. The van der Waals surface area contributed by atoms with Gasteiger partial charge in [0.1, 0.15) is 11.9 Å². The summed E-state index contributed by atoms with van der Waals surface area (Å²) < 4.78 is 19.2. The maximum Gasteiger partial charge on any atom is 0.226 e. The van der Waals surface area contributed by atoms with Crippen LogP contribution >= 0.6 is 11.6 Å². The maximum atomic E-state index is 13.5. The molecule has 0 saturated carbocycles. The fourth-order valence-electron chi connectivity index (χ4n) is 2.53. The number of ether oxygens (including phenoxy) is 1. The van der Waals surface area contributed by atoms with Crippen molar-refractivity contribution in [1.29, 1.82) is 0 Å². The van der Waals surface area contributed by atoms with Crippen LogP contribution in [0.4, 0.5) is 4.39 Å². The number of halogens is 2. The van der Waals surface area contributed by atoms with Crippen LogP contribution in [0.3, 0.4) is 0 Å². The van der Waals surface area contributed by atoms with Gasteiger partial charge in [-0.3, -0.25) is 4.79 Å². The van der Waals surface area contributed by atoms with E-state index >= 15 is 0 Å². The number of carbonyl (C=O) groups excluding carboxylic acids is 1. The van der Waals surface area contributed by atoms with Crippen molar-refractivity contribution in [2.45, 2.75) is 18.6 Å². The van der Waals surface area contributed by atoms with Crippen LogP contribution < -0.4 is 10.6 Å². The molecule has 2 aliphatic rings. The van der Waals surface area contributed by atoms with Gasteiger partial charge in [0.2, 0.25) is 5.91 Å². The van der Waals surface area contributed by atoms with E-state index in [4.69, 9.17) is 16.3 Å². The first-order valence-corrected chi connectivity index (χ1v) is 7.10. The molecule has 2 saturated heterocycles. The molecule has 1 amide bonds. The third-order valence-electron chi connectivity index (χ3n) is 3.84. The Balaban J connectivity index is 1.71. The Labute approximate surface area is 121 Å². The summed E-state index contributed by atoms with van der Waals surface area (Å²) in [4.78, 5) is 12.0. The van der Waals surface area contributed by atoms with Gasteiger partial charge >= 0.3 is 0 Å². The van der Waals surface area contributed by atoms with Crippen LogP contribution in [0.25, 0.3) is 0 Å². The molecule has 2 aliphatic heterocycles. The standard InChI is InChI=1S/C14H16ClFN2O2/c15-10-2-1-8(5-11(10)16)13-12(3-4-20-13)18-14(19)9-6-17-7-9/h1-2,5,9,12-13,17H,3-4,6-7H2,(H,18,19). The second-order valence-electron chi connectivity index (χ2n) is 5.22. The predicted molar refractivity (Wildman–Crippen MR) is 73.0 cm³/mol. The Morgan fingerprint density at radius 3 is 2.90 bits per heavy atom. The van der Waals surface area contributed by atoms with E-state index in [0.29, 0.717) is 12.2 Å². The van der Waals surface area contributed by atoms with Crippen LogP contribution in [0, 0.1) is 11.7 Å². The molecule has 0 spiro atoms. The largest absolute Gasteiger partial charge is 0.371 e. The van der Waals surface area contributed by atoms with Gasteiger partial charge in [0.05, 0.1) is 17.0 Å². The number of nitrogens with one attached hydrogen (secondary N) is 2. The van der Waals surface area contributed by atoms with E-state index in [1.807, 2.05) is 0 Å². The van der Waals surface area contributed by atoms with Crippen molar-refractivity contribution in [3.8, 4) is 0 Å². The summed E-state index contributed by atoms with van der Waals surface area (Å²) in [5, 5.41) is 6.16. The number of hydrogen-bond donors (Lipinski definition) is 2. The summed E-state index contributed by atoms with van der Waals surface area (Å²) in [6, 6.07) is 4.53. The highest BCUT2D eigenvalue weighted by Gasteiger charge is 2.34. The number of hydrogen-bond acceptors (Lipinski definition) is 3. The maximum absolute atomic E-state index is 13.5. The van der Waals surface area contributed by atoms with Crippen LogP contribution in [-0.2, 0) is 9.53 Å². The van der Waals surface area contributed by atoms with Gasteiger partial charge in [-0.2, -0.15) is 0 Å². The number of benzene rings is 1. The zero-order valence-electron chi connectivity index (χ0n) is 10.9. The van der Waals surface area contributed by atoms with Crippen LogP contribution in [0.2, 0.25) is 5.02 Å². The van der Waals surface area contributed by atoms with Crippen LogP contribution in [0.5, 0.6) is 0 Å². The molecule has 2 atom stereocenters. The van der Waals surface area contributed by atoms with E-state index in [0.717, 1.165) is 19.5 Å². The molecule has 2 N–H and O–H groups in total. The fraction of sp³-hybridized carbons (Fsp3) is 0.500. The quantitative estimate of drug-likeness (QED) is 0.892. The van der Waals surface area contributed by atoms with Gasteiger partial charge in [-0.05, 0) is 24.1 Å². The zero-order chi connectivity index (χ0) is 14.1. The molecular weight excluding hydrogens is 283 g/mol. The Morgan fingerprint density at radius 1 is 1.45 bits per heavy atom. The first-order chi connectivity index (χ1) is 9.65. The van der Waals surface area contributed by atoms with E-state index < -0.39 is 5.82 Å². The van der Waals surface area contributed by atoms with E-state index in [2.05, 4.69) is 10.6 Å². The summed E-state index contributed by atoms with van der Waals surface area (Å²) in [6.45, 7) is 2.00. The fourth-order valence-corrected chi connectivity index (χ4v) is 2.65. The molecule has 2 unspecified atom stereocenters. The Kier molecular flexibility index (Phi) is 3.92. The van der Waals surface area contributed by atoms with Gasteiger partial charge in [0.15, 0.2) is 0 Å². The van der Waals surface area contributed by atoms with Crippen LogP contribution in [0.15, 0.2) is 18.2 Å². The van der Waals surface area contributed by atoms with Crippen molar-refractivity contribution < 1.29 is 13.9 Å². The molecule has 1 aromatic rings. The van der Waals surface area contributed by atoms with Crippen molar-refractivity contribution in [3.63, 3.8) is 0 Å². The van der Waals surface area contributed by atoms with Crippen LogP contribution in [-0.4, -0.2) is 31.6 Å². The van der Waals surface area contributed by atoms with E-state index in [1.165, 1.54) is 12.1 Å². The third-order valence-corrected chi connectivity index (χ3v) is 4.15. The lowest BCUT2D eigenvalue weighted by atomic mass is 9.98. The van der Waals surface area contributed by atoms with Gasteiger partial charge in [-0.25, -0.2) is 4.39 Å². The molecule has 0 radical (unpaired) electrons. The molecule has 108 valence electrons. The molecule has 6 heteroatoms. The average molecular weight is 299 g/mol. The van der Waals surface area contributed by atoms with Gasteiger partial charge < -0.3 is 15.4 Å². The Bertz CT molecular complexity index is 522. The number of carbonyl (C=O) groups is 1. The molecule has 0 bridgehead atoms. The molecule has 2 fully saturated rings. The van der Waals surface area contributed by atoms with Gasteiger partial charge in [-0.15, -0.1) is 0 Å². The van der Waals surface area contributed by atoms with Gasteiger partial charge in [0, 0.05) is 19.7 Å². The van der Waals surface area contributed by atoms with E-state index in [9.17, 15) is 9.18 Å². The lowest BCUT2D eigenvalue weighted by molar-refractivity contribution is -0.127. The molecule has 0 aliphatic carbocycles. The van der Waals surface area contributed by atoms with E-state index in [-0.39, 0.29) is 29.0 Å². The summed E-state index contributed by atoms with van der Waals surface area (Å²) in [5.41, 5.74) is 0.710. The topological polar surface area (TPSA) is 50.4 Å². The third kappa shape index (κ3) is 2.66. The number of amides is 1. The molecule has 1 aromatic carbocycles. The van der Waals surface area contributed by atoms with Crippen LogP contribution in [0.1, 0.15) is 18.1 Å². The molecule has 2 heterocycles. The van der Waals surface area contributed by atoms with Crippen molar-refractivity contribution in [2.75, 3.05) is 19.7 Å². The molecule has 4 nitrogen and oxygen atoms in total. The molecular formula is C14H16ClFN2O2. The first-order valence-electron chi connectivity index (χ1n) is 6.73. The molecule has 0 aromatic heterocycles. The highest BCUT2D eigenvalue weighted by atomic mass is 35.5. The van der Waals surface area contributed by atoms with Gasteiger partial charge in [-0.1, -0.05) is 17.7 Å². The average Bonchev–Trinajstić information content (AvgIpc) is 2.78. The minimum atomic E-state index is -0.465. The number of rotatable bonds is 3. The highest BCUT2D eigenvalue weighted by Crippen LogP contribution is 2.31. The van der Waals surface area contributed by atoms with E-state index in [1.54, 1.807) is 6.07 Å². The van der Waals surface area contributed by atoms with Crippen molar-refractivity contribution >= 4 is 17.5 Å². The van der Waals surface area contributed by atoms with Crippen molar-refractivity contribution in [1.82, 2.24) is 10.6 Å². The highest BCUT2D eigenvalue weighted by molar-refractivity contribution is 6.30. The second-order valence-corrected chi connectivity index (χ2v) is 5.63. The Hall–Kier alpha value is -1.17. The Morgan fingerprint density at radius 2 is 2.25 bits per heavy atom. The summed E-state index contributed by atoms with van der Waals surface area (Å²) in [5.74, 6) is -0.384. The molecule has 3 rings (SSSR count). The predicted octanol–water partition coefficient (Wildman–Crippen LogP) is 1.64. The monoisotopic (exact) mass is 298 g/mol. The zero-order valence-corrected chi connectivity index (χ0v) is 11.6. The minimum Gasteiger partial charge on any atom is -0.371 e. The van der Waals surface area contributed by atoms with Gasteiger partial charge in [0.25, 0.3) is 0 Å². The smallest absolute Gasteiger partial charge is 0.226 e. The first kappa shape index (κ1) is 13.8. The summed E-state index contributed by atoms with van der Waals surface area (Å²) in [6.07, 6.45) is 0.430. The van der Waals surface area contributed by atoms with Crippen molar-refractivity contribution in [3.05, 3.63) is 34.6 Å².